The molecule has 0 bridgehead atoms. The van der Waals surface area contributed by atoms with E-state index in [-0.39, 0.29) is 23.8 Å². The smallest absolute Gasteiger partial charge is 0.164 e. The molecule has 1 saturated carbocycles. The molecule has 2 rings (SSSR count). The topological polar surface area (TPSA) is 43.1 Å². The minimum atomic E-state index is -0.995. The standard InChI is InChI=1S/C12H13F2NO/c13-9-4-3-8(5-10(9)14)12(16)6-11(15)7-1-2-7/h3-5,7,11H,1-2,6,15H2. The predicted octanol–water partition coefficient (Wildman–Crippen LogP) is 2.27. The van der Waals surface area contributed by atoms with Gasteiger partial charge in [-0.2, -0.15) is 0 Å². The van der Waals surface area contributed by atoms with Crippen molar-refractivity contribution in [1.29, 1.82) is 0 Å². The molecule has 1 unspecified atom stereocenters. The summed E-state index contributed by atoms with van der Waals surface area (Å²) in [6, 6.07) is 3.03. The summed E-state index contributed by atoms with van der Waals surface area (Å²) in [6.45, 7) is 0. The minimum Gasteiger partial charge on any atom is -0.327 e. The van der Waals surface area contributed by atoms with Gasteiger partial charge < -0.3 is 5.73 Å². The van der Waals surface area contributed by atoms with E-state index >= 15 is 0 Å². The molecule has 86 valence electrons. The highest BCUT2D eigenvalue weighted by Crippen LogP contribution is 2.33. The first kappa shape index (κ1) is 11.2. The molecular formula is C12H13F2NO. The van der Waals surface area contributed by atoms with E-state index in [4.69, 9.17) is 5.73 Å². The first-order valence-electron chi connectivity index (χ1n) is 5.32. The number of rotatable bonds is 4. The maximum atomic E-state index is 12.9. The van der Waals surface area contributed by atoms with Gasteiger partial charge in [0.05, 0.1) is 0 Å². The Morgan fingerprint density at radius 3 is 2.62 bits per heavy atom. The lowest BCUT2D eigenvalue weighted by Gasteiger charge is -2.08. The number of benzene rings is 1. The molecule has 2 N–H and O–H groups in total. The Labute approximate surface area is 92.4 Å². The molecule has 4 heteroatoms. The summed E-state index contributed by atoms with van der Waals surface area (Å²) >= 11 is 0. The average Bonchev–Trinajstić information content (AvgIpc) is 3.05. The zero-order valence-corrected chi connectivity index (χ0v) is 8.75. The second kappa shape index (κ2) is 4.29. The maximum absolute atomic E-state index is 12.9. The molecule has 0 heterocycles. The Balaban J connectivity index is 2.05. The normalized spacial score (nSPS) is 17.2. The van der Waals surface area contributed by atoms with E-state index in [1.807, 2.05) is 0 Å². The van der Waals surface area contributed by atoms with Crippen LogP contribution in [-0.4, -0.2) is 11.8 Å². The van der Waals surface area contributed by atoms with Crippen LogP contribution in [0.1, 0.15) is 29.6 Å². The van der Waals surface area contributed by atoms with Crippen molar-refractivity contribution in [1.82, 2.24) is 0 Å². The summed E-state index contributed by atoms with van der Waals surface area (Å²) in [4.78, 5) is 11.7. The molecule has 1 aliphatic rings. The van der Waals surface area contributed by atoms with Gasteiger partial charge in [0.15, 0.2) is 17.4 Å². The minimum absolute atomic E-state index is 0.152. The molecule has 1 fully saturated rings. The Morgan fingerprint density at radius 1 is 1.38 bits per heavy atom. The van der Waals surface area contributed by atoms with Crippen molar-refractivity contribution in [3.8, 4) is 0 Å². The van der Waals surface area contributed by atoms with E-state index in [0.717, 1.165) is 25.0 Å². The molecule has 0 aliphatic heterocycles. The van der Waals surface area contributed by atoms with Gasteiger partial charge in [-0.3, -0.25) is 4.79 Å². The summed E-state index contributed by atoms with van der Waals surface area (Å²) in [7, 11) is 0. The van der Waals surface area contributed by atoms with Crippen molar-refractivity contribution in [3.63, 3.8) is 0 Å². The number of halogens is 2. The van der Waals surface area contributed by atoms with Crippen LogP contribution in [0.2, 0.25) is 0 Å². The van der Waals surface area contributed by atoms with Crippen LogP contribution in [0.3, 0.4) is 0 Å². The second-order valence-corrected chi connectivity index (χ2v) is 4.26. The van der Waals surface area contributed by atoms with Crippen LogP contribution in [0.5, 0.6) is 0 Å². The molecule has 16 heavy (non-hydrogen) atoms. The molecule has 0 spiro atoms. The van der Waals surface area contributed by atoms with E-state index in [1.165, 1.54) is 6.07 Å². The van der Waals surface area contributed by atoms with Gasteiger partial charge >= 0.3 is 0 Å². The van der Waals surface area contributed by atoms with Crippen molar-refractivity contribution < 1.29 is 13.6 Å². The van der Waals surface area contributed by atoms with Crippen LogP contribution >= 0.6 is 0 Å². The van der Waals surface area contributed by atoms with Crippen molar-refractivity contribution >= 4 is 5.78 Å². The van der Waals surface area contributed by atoms with Crippen LogP contribution in [0.4, 0.5) is 8.78 Å². The lowest BCUT2D eigenvalue weighted by atomic mass is 10.0. The first-order chi connectivity index (χ1) is 7.58. The summed E-state index contributed by atoms with van der Waals surface area (Å²) in [5.74, 6) is -1.73. The van der Waals surface area contributed by atoms with Gasteiger partial charge in [0.2, 0.25) is 0 Å². The van der Waals surface area contributed by atoms with Gasteiger partial charge in [0.1, 0.15) is 0 Å². The van der Waals surface area contributed by atoms with Crippen molar-refractivity contribution in [3.05, 3.63) is 35.4 Å². The number of hydrogen-bond acceptors (Lipinski definition) is 2. The number of hydrogen-bond donors (Lipinski definition) is 1. The summed E-state index contributed by atoms with van der Waals surface area (Å²) in [6.07, 6.45) is 2.33. The van der Waals surface area contributed by atoms with Gasteiger partial charge in [-0.1, -0.05) is 0 Å². The quantitative estimate of drug-likeness (QED) is 0.799. The summed E-state index contributed by atoms with van der Waals surface area (Å²) in [5.41, 5.74) is 5.99. The fourth-order valence-electron chi connectivity index (χ4n) is 1.69. The Hall–Kier alpha value is -1.29. The molecule has 1 aliphatic carbocycles. The molecule has 1 aromatic carbocycles. The zero-order chi connectivity index (χ0) is 11.7. The largest absolute Gasteiger partial charge is 0.327 e. The third-order valence-electron chi connectivity index (χ3n) is 2.89. The molecule has 0 aromatic heterocycles. The van der Waals surface area contributed by atoms with E-state index < -0.39 is 11.6 Å². The molecular weight excluding hydrogens is 212 g/mol. The third kappa shape index (κ3) is 2.44. The fraction of sp³-hybridized carbons (Fsp3) is 0.417. The molecule has 2 nitrogen and oxygen atoms in total. The SMILES string of the molecule is NC(CC(=O)c1ccc(F)c(F)c1)C1CC1. The van der Waals surface area contributed by atoms with Crippen LogP contribution in [-0.2, 0) is 0 Å². The highest BCUT2D eigenvalue weighted by molar-refractivity contribution is 5.96. The Kier molecular flexibility index (Phi) is 3.01. The summed E-state index contributed by atoms with van der Waals surface area (Å²) < 4.78 is 25.5. The van der Waals surface area contributed by atoms with E-state index in [9.17, 15) is 13.6 Å². The number of nitrogens with two attached hydrogens (primary N) is 1. The van der Waals surface area contributed by atoms with E-state index in [1.54, 1.807) is 0 Å². The van der Waals surface area contributed by atoms with Crippen molar-refractivity contribution in [2.24, 2.45) is 11.7 Å². The van der Waals surface area contributed by atoms with E-state index in [0.29, 0.717) is 5.92 Å². The molecule has 0 radical (unpaired) electrons. The summed E-state index contributed by atoms with van der Waals surface area (Å²) in [5, 5.41) is 0. The van der Waals surface area contributed by atoms with E-state index in [2.05, 4.69) is 0 Å². The van der Waals surface area contributed by atoms with Crippen LogP contribution < -0.4 is 5.73 Å². The Morgan fingerprint density at radius 2 is 2.06 bits per heavy atom. The van der Waals surface area contributed by atoms with Gasteiger partial charge in [0, 0.05) is 18.0 Å². The second-order valence-electron chi connectivity index (χ2n) is 4.26. The van der Waals surface area contributed by atoms with Crippen molar-refractivity contribution in [2.75, 3.05) is 0 Å². The van der Waals surface area contributed by atoms with Gasteiger partial charge in [0.25, 0.3) is 0 Å². The number of ketones is 1. The van der Waals surface area contributed by atoms with Gasteiger partial charge in [-0.25, -0.2) is 8.78 Å². The van der Waals surface area contributed by atoms with Gasteiger partial charge in [-0.05, 0) is 37.0 Å². The molecule has 0 amide bonds. The molecule has 0 saturated heterocycles. The van der Waals surface area contributed by atoms with Crippen LogP contribution in [0, 0.1) is 17.6 Å². The van der Waals surface area contributed by atoms with Crippen molar-refractivity contribution in [2.45, 2.75) is 25.3 Å². The molecule has 1 atom stereocenters. The van der Waals surface area contributed by atoms with Crippen LogP contribution in [0.15, 0.2) is 18.2 Å². The fourth-order valence-corrected chi connectivity index (χ4v) is 1.69. The first-order valence-corrected chi connectivity index (χ1v) is 5.32. The highest BCUT2D eigenvalue weighted by atomic mass is 19.2. The number of carbonyl (C=O) groups is 1. The van der Waals surface area contributed by atoms with Gasteiger partial charge in [-0.15, -0.1) is 0 Å². The Bertz CT molecular complexity index is 415. The van der Waals surface area contributed by atoms with Crippen LogP contribution in [0.25, 0.3) is 0 Å². The monoisotopic (exact) mass is 225 g/mol. The predicted molar refractivity (Wildman–Crippen MR) is 56.0 cm³/mol. The number of carbonyl (C=O) groups excluding carboxylic acids is 1. The maximum Gasteiger partial charge on any atom is 0.164 e. The number of Topliss-reactive ketones (excluding diaryl/α,β-unsaturated/α-hetero) is 1. The average molecular weight is 225 g/mol. The third-order valence-corrected chi connectivity index (χ3v) is 2.89. The highest BCUT2D eigenvalue weighted by Gasteiger charge is 2.30. The lowest BCUT2D eigenvalue weighted by molar-refractivity contribution is 0.0971. The molecule has 1 aromatic rings. The lowest BCUT2D eigenvalue weighted by Crippen LogP contribution is -2.26. The zero-order valence-electron chi connectivity index (χ0n) is 8.75.